The second-order valence-corrected chi connectivity index (χ2v) is 6.76. The van der Waals surface area contributed by atoms with Crippen molar-refractivity contribution in [3.8, 4) is 0 Å². The molecule has 1 aromatic heterocycles. The number of fused-ring (bicyclic) bond motifs is 1. The quantitative estimate of drug-likeness (QED) is 0.847. The second kappa shape index (κ2) is 7.93. The molecule has 1 aliphatic rings. The van der Waals surface area contributed by atoms with Crippen molar-refractivity contribution >= 4 is 11.0 Å². The van der Waals surface area contributed by atoms with Crippen LogP contribution in [0.3, 0.4) is 0 Å². The first-order chi connectivity index (χ1) is 11.3. The molecule has 1 atom stereocenters. The molecule has 3 rings (SSSR count). The Morgan fingerprint density at radius 2 is 1.91 bits per heavy atom. The molecular weight excluding hydrogens is 284 g/mol. The monoisotopic (exact) mass is 314 g/mol. The number of aromatic nitrogens is 2. The van der Waals surface area contributed by atoms with E-state index >= 15 is 0 Å². The van der Waals surface area contributed by atoms with Gasteiger partial charge >= 0.3 is 0 Å². The first-order valence-corrected chi connectivity index (χ1v) is 9.22. The number of para-hydroxylation sites is 2. The molecule has 1 saturated heterocycles. The molecule has 2 N–H and O–H groups in total. The Hall–Kier alpha value is -1.39. The molecule has 4 heteroatoms. The summed E-state index contributed by atoms with van der Waals surface area (Å²) < 4.78 is 2.37. The number of piperidine rings is 1. The fourth-order valence-electron chi connectivity index (χ4n) is 3.59. The van der Waals surface area contributed by atoms with Gasteiger partial charge in [-0.1, -0.05) is 38.3 Å². The Morgan fingerprint density at radius 1 is 1.13 bits per heavy atom. The lowest BCUT2D eigenvalue weighted by Gasteiger charge is -2.27. The fourth-order valence-corrected chi connectivity index (χ4v) is 3.59. The Labute approximate surface area is 139 Å². The minimum absolute atomic E-state index is 0.0451. The van der Waals surface area contributed by atoms with Gasteiger partial charge in [-0.2, -0.15) is 0 Å². The zero-order chi connectivity index (χ0) is 16.1. The Balaban J connectivity index is 1.80. The summed E-state index contributed by atoms with van der Waals surface area (Å²) >= 11 is 0. The first-order valence-electron chi connectivity index (χ1n) is 9.22. The maximum Gasteiger partial charge on any atom is 0.126 e. The van der Waals surface area contributed by atoms with Crippen molar-refractivity contribution in [2.75, 3.05) is 19.6 Å². The van der Waals surface area contributed by atoms with Crippen LogP contribution in [0.25, 0.3) is 11.0 Å². The molecule has 23 heavy (non-hydrogen) atoms. The number of likely N-dealkylation sites (tertiary alicyclic amines) is 1. The molecule has 126 valence electrons. The number of nitrogens with zero attached hydrogens (tertiary/aromatic N) is 3. The lowest BCUT2D eigenvalue weighted by atomic mass is 10.1. The van der Waals surface area contributed by atoms with E-state index in [9.17, 15) is 0 Å². The second-order valence-electron chi connectivity index (χ2n) is 6.76. The van der Waals surface area contributed by atoms with Gasteiger partial charge in [0.15, 0.2) is 0 Å². The van der Waals surface area contributed by atoms with Gasteiger partial charge in [-0.05, 0) is 44.5 Å². The van der Waals surface area contributed by atoms with E-state index in [-0.39, 0.29) is 6.04 Å². The Morgan fingerprint density at radius 3 is 2.70 bits per heavy atom. The molecule has 1 unspecified atom stereocenters. The Kier molecular flexibility index (Phi) is 5.68. The van der Waals surface area contributed by atoms with Crippen LogP contribution in [0.4, 0.5) is 0 Å². The van der Waals surface area contributed by atoms with Crippen LogP contribution in [0.5, 0.6) is 0 Å². The molecule has 1 aliphatic heterocycles. The van der Waals surface area contributed by atoms with Gasteiger partial charge in [0.1, 0.15) is 5.82 Å². The summed E-state index contributed by atoms with van der Waals surface area (Å²) in [4.78, 5) is 7.43. The van der Waals surface area contributed by atoms with Crippen LogP contribution in [0.1, 0.15) is 57.3 Å². The van der Waals surface area contributed by atoms with Gasteiger partial charge in [-0.3, -0.25) is 0 Å². The van der Waals surface area contributed by atoms with E-state index in [1.54, 1.807) is 0 Å². The predicted molar refractivity (Wildman–Crippen MR) is 96.5 cm³/mol. The van der Waals surface area contributed by atoms with Gasteiger partial charge in [0.25, 0.3) is 0 Å². The summed E-state index contributed by atoms with van der Waals surface area (Å²) in [5.41, 5.74) is 8.76. The average Bonchev–Trinajstić information content (AvgIpc) is 2.97. The number of unbranched alkanes of at least 4 members (excludes halogenated alkanes) is 1. The highest BCUT2D eigenvalue weighted by atomic mass is 15.2. The van der Waals surface area contributed by atoms with Crippen molar-refractivity contribution in [2.24, 2.45) is 5.73 Å². The standard InChI is InChI=1S/C19H30N4/c1-2-3-9-16(20)19-21-17-10-5-6-11-18(17)23(19)15-14-22-12-7-4-8-13-22/h5-6,10-11,16H,2-4,7-9,12-15,20H2,1H3. The predicted octanol–water partition coefficient (Wildman–Crippen LogP) is 3.71. The van der Waals surface area contributed by atoms with Gasteiger partial charge < -0.3 is 15.2 Å². The normalized spacial score (nSPS) is 17.7. The summed E-state index contributed by atoms with van der Waals surface area (Å²) in [7, 11) is 0. The molecule has 0 radical (unpaired) electrons. The van der Waals surface area contributed by atoms with Crippen molar-refractivity contribution in [1.29, 1.82) is 0 Å². The van der Waals surface area contributed by atoms with Gasteiger partial charge in [-0.15, -0.1) is 0 Å². The highest BCUT2D eigenvalue weighted by Crippen LogP contribution is 2.23. The van der Waals surface area contributed by atoms with E-state index in [4.69, 9.17) is 10.7 Å². The van der Waals surface area contributed by atoms with E-state index < -0.39 is 0 Å². The maximum absolute atomic E-state index is 6.46. The van der Waals surface area contributed by atoms with E-state index in [0.29, 0.717) is 0 Å². The molecular formula is C19H30N4. The van der Waals surface area contributed by atoms with Crippen molar-refractivity contribution in [2.45, 2.75) is 58.0 Å². The molecule has 1 fully saturated rings. The van der Waals surface area contributed by atoms with Gasteiger partial charge in [0.05, 0.1) is 17.1 Å². The highest BCUT2D eigenvalue weighted by Gasteiger charge is 2.18. The molecule has 2 aromatic rings. The molecule has 0 bridgehead atoms. The van der Waals surface area contributed by atoms with Gasteiger partial charge in [0, 0.05) is 13.1 Å². The highest BCUT2D eigenvalue weighted by molar-refractivity contribution is 5.76. The summed E-state index contributed by atoms with van der Waals surface area (Å²) in [6, 6.07) is 8.48. The number of imidazole rings is 1. The fraction of sp³-hybridized carbons (Fsp3) is 0.632. The smallest absolute Gasteiger partial charge is 0.126 e. The molecule has 0 saturated carbocycles. The van der Waals surface area contributed by atoms with Gasteiger partial charge in [0.2, 0.25) is 0 Å². The van der Waals surface area contributed by atoms with Crippen molar-refractivity contribution in [3.05, 3.63) is 30.1 Å². The lowest BCUT2D eigenvalue weighted by Crippen LogP contribution is -2.33. The van der Waals surface area contributed by atoms with Crippen LogP contribution in [0.2, 0.25) is 0 Å². The van der Waals surface area contributed by atoms with E-state index in [1.807, 2.05) is 0 Å². The van der Waals surface area contributed by atoms with Crippen LogP contribution in [-0.4, -0.2) is 34.1 Å². The molecule has 1 aromatic carbocycles. The Bertz CT molecular complexity index is 613. The minimum Gasteiger partial charge on any atom is -0.325 e. The number of benzene rings is 1. The number of rotatable bonds is 7. The van der Waals surface area contributed by atoms with E-state index in [0.717, 1.165) is 37.3 Å². The molecule has 0 aliphatic carbocycles. The third-order valence-electron chi connectivity index (χ3n) is 4.97. The summed E-state index contributed by atoms with van der Waals surface area (Å²) in [6.45, 7) is 6.79. The average molecular weight is 314 g/mol. The van der Waals surface area contributed by atoms with Gasteiger partial charge in [-0.25, -0.2) is 4.98 Å². The van der Waals surface area contributed by atoms with E-state index in [1.165, 1.54) is 44.3 Å². The zero-order valence-electron chi connectivity index (χ0n) is 14.4. The third kappa shape index (κ3) is 3.93. The van der Waals surface area contributed by atoms with Crippen LogP contribution >= 0.6 is 0 Å². The molecule has 0 spiro atoms. The maximum atomic E-state index is 6.46. The molecule has 4 nitrogen and oxygen atoms in total. The largest absolute Gasteiger partial charge is 0.325 e. The van der Waals surface area contributed by atoms with Crippen LogP contribution in [0.15, 0.2) is 24.3 Å². The van der Waals surface area contributed by atoms with Crippen molar-refractivity contribution in [3.63, 3.8) is 0 Å². The van der Waals surface area contributed by atoms with Crippen LogP contribution in [-0.2, 0) is 6.54 Å². The topological polar surface area (TPSA) is 47.1 Å². The first kappa shape index (κ1) is 16.5. The van der Waals surface area contributed by atoms with Crippen molar-refractivity contribution in [1.82, 2.24) is 14.5 Å². The summed E-state index contributed by atoms with van der Waals surface area (Å²) in [6.07, 6.45) is 7.43. The minimum atomic E-state index is 0.0451. The number of hydrogen-bond donors (Lipinski definition) is 1. The number of nitrogens with two attached hydrogens (primary N) is 1. The summed E-state index contributed by atoms with van der Waals surface area (Å²) in [5.74, 6) is 1.07. The zero-order valence-corrected chi connectivity index (χ0v) is 14.4. The van der Waals surface area contributed by atoms with E-state index in [2.05, 4.69) is 40.7 Å². The van der Waals surface area contributed by atoms with Crippen LogP contribution < -0.4 is 5.73 Å². The summed E-state index contributed by atoms with van der Waals surface area (Å²) in [5, 5.41) is 0. The number of hydrogen-bond acceptors (Lipinski definition) is 3. The molecule has 0 amide bonds. The van der Waals surface area contributed by atoms with Crippen LogP contribution in [0, 0.1) is 0 Å². The third-order valence-corrected chi connectivity index (χ3v) is 4.97. The SMILES string of the molecule is CCCCC(N)c1nc2ccccc2n1CCN1CCCCC1. The molecule has 2 heterocycles. The lowest BCUT2D eigenvalue weighted by molar-refractivity contribution is 0.220. The van der Waals surface area contributed by atoms with Crippen molar-refractivity contribution < 1.29 is 0 Å².